The fourth-order valence-electron chi connectivity index (χ4n) is 2.33. The van der Waals surface area contributed by atoms with Crippen LogP contribution in [-0.2, 0) is 9.59 Å². The number of hydrogen-bond acceptors (Lipinski definition) is 4. The van der Waals surface area contributed by atoms with Crippen molar-refractivity contribution in [2.45, 2.75) is 0 Å². The number of phenols is 1. The highest BCUT2D eigenvalue weighted by molar-refractivity contribution is 6.33. The molecule has 0 aliphatic carbocycles. The maximum atomic E-state index is 12.5. The topological polar surface area (TPSA) is 78.9 Å². The number of carbonyl (C=O) groups is 2. The molecule has 1 saturated heterocycles. The molecule has 1 heterocycles. The molecule has 0 unspecified atom stereocenters. The number of halogens is 2. The van der Waals surface area contributed by atoms with Gasteiger partial charge in [0.05, 0.1) is 17.8 Å². The molecule has 0 radical (unpaired) electrons. The van der Waals surface area contributed by atoms with Crippen molar-refractivity contribution < 1.29 is 19.4 Å². The quantitative estimate of drug-likeness (QED) is 0.634. The molecule has 1 aliphatic heterocycles. The lowest BCUT2D eigenvalue weighted by Crippen LogP contribution is -2.35. The van der Waals surface area contributed by atoms with Crippen molar-refractivity contribution in [3.63, 3.8) is 0 Å². The van der Waals surface area contributed by atoms with Gasteiger partial charge < -0.3 is 9.84 Å². The molecule has 2 aromatic rings. The van der Waals surface area contributed by atoms with Gasteiger partial charge in [-0.05, 0) is 48.0 Å². The van der Waals surface area contributed by atoms with Crippen LogP contribution in [0, 0.1) is 0 Å². The van der Waals surface area contributed by atoms with Crippen molar-refractivity contribution in [1.29, 1.82) is 0 Å². The van der Waals surface area contributed by atoms with Gasteiger partial charge in [-0.15, -0.1) is 0 Å². The summed E-state index contributed by atoms with van der Waals surface area (Å²) in [5.41, 5.74) is 3.33. The molecule has 6 nitrogen and oxygen atoms in total. The molecular formula is C17H12Cl2N2O4. The molecule has 2 amide bonds. The van der Waals surface area contributed by atoms with Crippen LogP contribution in [-0.4, -0.2) is 24.0 Å². The summed E-state index contributed by atoms with van der Waals surface area (Å²) in [4.78, 5) is 24.7. The Morgan fingerprint density at radius 1 is 1.16 bits per heavy atom. The van der Waals surface area contributed by atoms with Gasteiger partial charge in [0.2, 0.25) is 0 Å². The predicted molar refractivity (Wildman–Crippen MR) is 94.7 cm³/mol. The minimum Gasteiger partial charge on any atom is -0.503 e. The van der Waals surface area contributed by atoms with Gasteiger partial charge in [-0.25, -0.2) is 5.01 Å². The number of methoxy groups -OCH3 is 1. The molecule has 0 spiro atoms. The van der Waals surface area contributed by atoms with Gasteiger partial charge in [-0.3, -0.25) is 15.0 Å². The predicted octanol–water partition coefficient (Wildman–Crippen LogP) is 3.17. The number of ether oxygens (including phenoxy) is 1. The van der Waals surface area contributed by atoms with E-state index < -0.39 is 11.8 Å². The van der Waals surface area contributed by atoms with E-state index in [9.17, 15) is 14.7 Å². The summed E-state index contributed by atoms with van der Waals surface area (Å²) in [6.07, 6.45) is 1.38. The first-order valence-corrected chi connectivity index (χ1v) is 7.85. The van der Waals surface area contributed by atoms with Crippen molar-refractivity contribution >= 4 is 46.8 Å². The van der Waals surface area contributed by atoms with Crippen molar-refractivity contribution in [2.24, 2.45) is 0 Å². The molecule has 1 aliphatic rings. The fourth-order valence-corrected chi connectivity index (χ4v) is 2.67. The SMILES string of the molecule is COc1cc(C=C2C(=O)NN(c3ccc(Cl)cc3)C2=O)cc(Cl)c1O. The van der Waals surface area contributed by atoms with Crippen LogP contribution in [0.1, 0.15) is 5.56 Å². The van der Waals surface area contributed by atoms with Crippen molar-refractivity contribution in [1.82, 2.24) is 5.43 Å². The third kappa shape index (κ3) is 3.26. The summed E-state index contributed by atoms with van der Waals surface area (Å²) in [6.45, 7) is 0. The third-order valence-corrected chi connectivity index (χ3v) is 4.10. The van der Waals surface area contributed by atoms with Gasteiger partial charge in [-0.2, -0.15) is 0 Å². The first kappa shape index (κ1) is 17.1. The number of nitrogens with zero attached hydrogens (tertiary/aromatic N) is 1. The lowest BCUT2D eigenvalue weighted by molar-refractivity contribution is -0.117. The van der Waals surface area contributed by atoms with Crippen LogP contribution >= 0.6 is 23.2 Å². The number of rotatable bonds is 3. The van der Waals surface area contributed by atoms with E-state index >= 15 is 0 Å². The molecule has 0 saturated carbocycles. The van der Waals surface area contributed by atoms with Gasteiger partial charge in [0.15, 0.2) is 11.5 Å². The van der Waals surface area contributed by atoms with Crippen LogP contribution in [0.2, 0.25) is 10.0 Å². The van der Waals surface area contributed by atoms with E-state index in [4.69, 9.17) is 27.9 Å². The van der Waals surface area contributed by atoms with E-state index in [-0.39, 0.29) is 22.1 Å². The molecule has 0 bridgehead atoms. The molecule has 2 N–H and O–H groups in total. The number of anilines is 1. The second kappa shape index (κ2) is 6.66. The lowest BCUT2D eigenvalue weighted by atomic mass is 10.1. The summed E-state index contributed by atoms with van der Waals surface area (Å²) >= 11 is 11.8. The minimum atomic E-state index is -0.553. The Bertz CT molecular complexity index is 894. The van der Waals surface area contributed by atoms with Gasteiger partial charge in [0.1, 0.15) is 5.57 Å². The number of amides is 2. The summed E-state index contributed by atoms with van der Waals surface area (Å²) in [5, 5.41) is 11.5. The number of carbonyl (C=O) groups excluding carboxylic acids is 2. The smallest absolute Gasteiger partial charge is 0.282 e. The molecule has 0 atom stereocenters. The summed E-state index contributed by atoms with van der Waals surface area (Å²) in [5.74, 6) is -1.14. The lowest BCUT2D eigenvalue weighted by Gasteiger charge is -2.14. The molecule has 2 aromatic carbocycles. The highest BCUT2D eigenvalue weighted by Crippen LogP contribution is 2.36. The van der Waals surface area contributed by atoms with E-state index in [1.54, 1.807) is 24.3 Å². The van der Waals surface area contributed by atoms with Crippen molar-refractivity contribution in [2.75, 3.05) is 12.1 Å². The summed E-state index contributed by atoms with van der Waals surface area (Å²) in [6, 6.07) is 9.36. The van der Waals surface area contributed by atoms with Crippen LogP contribution in [0.4, 0.5) is 5.69 Å². The number of hydrazine groups is 1. The number of benzene rings is 2. The summed E-state index contributed by atoms with van der Waals surface area (Å²) in [7, 11) is 1.37. The second-order valence-electron chi connectivity index (χ2n) is 5.17. The zero-order valence-corrected chi connectivity index (χ0v) is 14.4. The number of aromatic hydroxyl groups is 1. The first-order chi connectivity index (χ1) is 11.9. The Kier molecular flexibility index (Phi) is 4.57. The highest BCUT2D eigenvalue weighted by atomic mass is 35.5. The number of nitrogens with one attached hydrogen (secondary N) is 1. The summed E-state index contributed by atoms with van der Waals surface area (Å²) < 4.78 is 5.01. The molecule has 25 heavy (non-hydrogen) atoms. The zero-order chi connectivity index (χ0) is 18.1. The van der Waals surface area contributed by atoms with Crippen LogP contribution < -0.4 is 15.2 Å². The number of hydrogen-bond donors (Lipinski definition) is 2. The van der Waals surface area contributed by atoms with Crippen molar-refractivity contribution in [3.8, 4) is 11.5 Å². The largest absolute Gasteiger partial charge is 0.503 e. The minimum absolute atomic E-state index is 0.0478. The van der Waals surface area contributed by atoms with Crippen LogP contribution in [0.25, 0.3) is 6.08 Å². The third-order valence-electron chi connectivity index (χ3n) is 3.56. The van der Waals surface area contributed by atoms with Crippen LogP contribution in [0.15, 0.2) is 42.0 Å². The Morgan fingerprint density at radius 3 is 2.48 bits per heavy atom. The van der Waals surface area contributed by atoms with Gasteiger partial charge in [0.25, 0.3) is 11.8 Å². The Balaban J connectivity index is 1.96. The van der Waals surface area contributed by atoms with Gasteiger partial charge >= 0.3 is 0 Å². The standard InChI is InChI=1S/C17H12Cl2N2O4/c1-25-14-8-9(7-13(19)15(14)22)6-12-16(23)20-21(17(12)24)11-4-2-10(18)3-5-11/h2-8,22H,1H3,(H,20,23). The van der Waals surface area contributed by atoms with Gasteiger partial charge in [-0.1, -0.05) is 23.2 Å². The van der Waals surface area contributed by atoms with E-state index in [1.807, 2.05) is 0 Å². The fraction of sp³-hybridized carbons (Fsp3) is 0.0588. The maximum Gasteiger partial charge on any atom is 0.282 e. The first-order valence-electron chi connectivity index (χ1n) is 7.10. The van der Waals surface area contributed by atoms with E-state index in [1.165, 1.54) is 25.3 Å². The normalized spacial score (nSPS) is 15.6. The molecular weight excluding hydrogens is 367 g/mol. The molecule has 3 rings (SSSR count). The van der Waals surface area contributed by atoms with E-state index in [2.05, 4.69) is 5.43 Å². The van der Waals surface area contributed by atoms with Crippen LogP contribution in [0.3, 0.4) is 0 Å². The highest BCUT2D eigenvalue weighted by Gasteiger charge is 2.34. The molecule has 0 aromatic heterocycles. The average molecular weight is 379 g/mol. The Labute approximate surface area is 153 Å². The maximum absolute atomic E-state index is 12.5. The Morgan fingerprint density at radius 2 is 1.84 bits per heavy atom. The molecule has 128 valence electrons. The van der Waals surface area contributed by atoms with Crippen molar-refractivity contribution in [3.05, 3.63) is 57.6 Å². The molecule has 8 heteroatoms. The second-order valence-corrected chi connectivity index (χ2v) is 6.01. The van der Waals surface area contributed by atoms with Gasteiger partial charge in [0, 0.05) is 5.02 Å². The molecule has 1 fully saturated rings. The Hall–Kier alpha value is -2.70. The zero-order valence-electron chi connectivity index (χ0n) is 12.9. The van der Waals surface area contributed by atoms with E-state index in [0.29, 0.717) is 16.3 Å². The van der Waals surface area contributed by atoms with E-state index in [0.717, 1.165) is 5.01 Å². The monoisotopic (exact) mass is 378 g/mol. The average Bonchev–Trinajstić information content (AvgIpc) is 2.86. The van der Waals surface area contributed by atoms with Crippen LogP contribution in [0.5, 0.6) is 11.5 Å². The number of phenolic OH excluding ortho intramolecular Hbond substituents is 1.